The molecule has 2 rings (SSSR count). The van der Waals surface area contributed by atoms with Gasteiger partial charge in [0.2, 0.25) is 0 Å². The molecule has 0 spiro atoms. The van der Waals surface area contributed by atoms with E-state index < -0.39 is 0 Å². The highest BCUT2D eigenvalue weighted by Gasteiger charge is 2.20. The molecule has 0 aliphatic carbocycles. The number of aryl methyl sites for hydroxylation is 1. The molecular weight excluding hydrogens is 378 g/mol. The summed E-state index contributed by atoms with van der Waals surface area (Å²) in [6.45, 7) is 3.14. The summed E-state index contributed by atoms with van der Waals surface area (Å²) in [7, 11) is 1.99. The van der Waals surface area contributed by atoms with Crippen LogP contribution in [-0.4, -0.2) is 16.1 Å². The van der Waals surface area contributed by atoms with Crippen LogP contribution in [0.25, 0.3) is 0 Å². The zero-order chi connectivity index (χ0) is 13.1. The maximum atomic E-state index is 4.46. The molecule has 0 aliphatic heterocycles. The second kappa shape index (κ2) is 6.32. The van der Waals surface area contributed by atoms with E-state index >= 15 is 0 Å². The fourth-order valence-corrected chi connectivity index (χ4v) is 4.70. The minimum Gasteiger partial charge on any atom is -0.340 e. The van der Waals surface area contributed by atoms with E-state index in [2.05, 4.69) is 61.3 Å². The number of halogens is 2. The zero-order valence-corrected chi connectivity index (χ0v) is 14.3. The Morgan fingerprint density at radius 3 is 2.78 bits per heavy atom. The Morgan fingerprint density at radius 2 is 2.28 bits per heavy atom. The summed E-state index contributed by atoms with van der Waals surface area (Å²) >= 11 is 8.85. The van der Waals surface area contributed by atoms with Crippen LogP contribution < -0.4 is 5.32 Å². The van der Waals surface area contributed by atoms with Gasteiger partial charge in [0.25, 0.3) is 0 Å². The molecule has 6 heteroatoms. The molecule has 0 fully saturated rings. The van der Waals surface area contributed by atoms with Gasteiger partial charge in [-0.15, -0.1) is 11.3 Å². The molecule has 98 valence electrons. The third kappa shape index (κ3) is 3.23. The summed E-state index contributed by atoms with van der Waals surface area (Å²) in [5.41, 5.74) is 2.29. The summed E-state index contributed by atoms with van der Waals surface area (Å²) in [6, 6.07) is 2.29. The predicted octanol–water partition coefficient (Wildman–Crippen LogP) is 4.10. The Labute approximate surface area is 128 Å². The van der Waals surface area contributed by atoms with E-state index in [4.69, 9.17) is 0 Å². The van der Waals surface area contributed by atoms with Crippen molar-refractivity contribution in [3.8, 4) is 0 Å². The Hall–Kier alpha value is -0.170. The van der Waals surface area contributed by atoms with E-state index in [0.717, 1.165) is 26.2 Å². The Kier molecular flexibility index (Phi) is 5.00. The lowest BCUT2D eigenvalue weighted by molar-refractivity contribution is 0.588. The largest absolute Gasteiger partial charge is 0.340 e. The quantitative estimate of drug-likeness (QED) is 0.830. The Bertz CT molecular complexity index is 521. The van der Waals surface area contributed by atoms with Crippen molar-refractivity contribution in [1.29, 1.82) is 0 Å². The molecule has 0 aliphatic rings. The van der Waals surface area contributed by atoms with Crippen LogP contribution in [0.2, 0.25) is 0 Å². The molecule has 0 amide bonds. The lowest BCUT2D eigenvalue weighted by Gasteiger charge is -2.16. The number of hydrogen-bond donors (Lipinski definition) is 1. The van der Waals surface area contributed by atoms with Crippen LogP contribution in [-0.2, 0) is 7.05 Å². The smallest absolute Gasteiger partial charge is 0.0947 e. The summed E-state index contributed by atoms with van der Waals surface area (Å²) < 4.78 is 4.25. The molecule has 3 nitrogen and oxygen atoms in total. The first kappa shape index (κ1) is 14.2. The van der Waals surface area contributed by atoms with Gasteiger partial charge in [0.05, 0.1) is 25.6 Å². The SMILES string of the molecule is CCCNC(c1cn(C)cn1)c1cc(Br)sc1Br. The van der Waals surface area contributed by atoms with Gasteiger partial charge in [-0.2, -0.15) is 0 Å². The van der Waals surface area contributed by atoms with Crippen LogP contribution in [0.1, 0.15) is 30.6 Å². The van der Waals surface area contributed by atoms with Crippen molar-refractivity contribution in [3.05, 3.63) is 37.4 Å². The van der Waals surface area contributed by atoms with Gasteiger partial charge in [0, 0.05) is 18.8 Å². The highest BCUT2D eigenvalue weighted by molar-refractivity contribution is 9.12. The Morgan fingerprint density at radius 1 is 1.50 bits per heavy atom. The molecule has 1 unspecified atom stereocenters. The molecular formula is C12H15Br2N3S. The second-order valence-corrected chi connectivity index (χ2v) is 7.88. The van der Waals surface area contributed by atoms with Gasteiger partial charge in [-0.3, -0.25) is 0 Å². The molecule has 0 bridgehead atoms. The van der Waals surface area contributed by atoms with Gasteiger partial charge in [-0.05, 0) is 50.9 Å². The van der Waals surface area contributed by atoms with Gasteiger partial charge in [0.1, 0.15) is 0 Å². The lowest BCUT2D eigenvalue weighted by Crippen LogP contribution is -2.23. The lowest BCUT2D eigenvalue weighted by atomic mass is 10.1. The van der Waals surface area contributed by atoms with Crippen molar-refractivity contribution >= 4 is 43.2 Å². The molecule has 18 heavy (non-hydrogen) atoms. The number of nitrogens with one attached hydrogen (secondary N) is 1. The fraction of sp³-hybridized carbons (Fsp3) is 0.417. The first-order valence-corrected chi connectivity index (χ1v) is 8.18. The molecule has 1 N–H and O–H groups in total. The predicted molar refractivity (Wildman–Crippen MR) is 83.1 cm³/mol. The molecule has 0 radical (unpaired) electrons. The van der Waals surface area contributed by atoms with Crippen LogP contribution in [0.5, 0.6) is 0 Å². The van der Waals surface area contributed by atoms with Crippen molar-refractivity contribution in [3.63, 3.8) is 0 Å². The van der Waals surface area contributed by atoms with Crippen LogP contribution >= 0.6 is 43.2 Å². The van der Waals surface area contributed by atoms with Gasteiger partial charge in [-0.1, -0.05) is 6.92 Å². The van der Waals surface area contributed by atoms with E-state index in [-0.39, 0.29) is 6.04 Å². The van der Waals surface area contributed by atoms with E-state index in [1.807, 2.05) is 17.9 Å². The molecule has 0 saturated heterocycles. The standard InChI is InChI=1S/C12H15Br2N3S/c1-3-4-15-11(9-6-17(2)7-16-9)8-5-10(13)18-12(8)14/h5-7,11,15H,3-4H2,1-2H3. The van der Waals surface area contributed by atoms with E-state index in [0.29, 0.717) is 0 Å². The number of aromatic nitrogens is 2. The molecule has 0 saturated carbocycles. The maximum absolute atomic E-state index is 4.46. The van der Waals surface area contributed by atoms with Gasteiger partial charge >= 0.3 is 0 Å². The van der Waals surface area contributed by atoms with Crippen molar-refractivity contribution < 1.29 is 0 Å². The summed E-state index contributed by atoms with van der Waals surface area (Å²) in [5, 5.41) is 3.55. The summed E-state index contributed by atoms with van der Waals surface area (Å²) in [6.07, 6.45) is 5.00. The zero-order valence-electron chi connectivity index (χ0n) is 10.3. The molecule has 2 aromatic heterocycles. The average molecular weight is 393 g/mol. The van der Waals surface area contributed by atoms with E-state index in [9.17, 15) is 0 Å². The minimum atomic E-state index is 0.142. The highest BCUT2D eigenvalue weighted by atomic mass is 79.9. The first-order chi connectivity index (χ1) is 8.61. The molecule has 0 aromatic carbocycles. The maximum Gasteiger partial charge on any atom is 0.0947 e. The number of nitrogens with zero attached hydrogens (tertiary/aromatic N) is 2. The number of thiophene rings is 1. The fourth-order valence-electron chi connectivity index (χ4n) is 1.79. The number of hydrogen-bond acceptors (Lipinski definition) is 3. The number of rotatable bonds is 5. The third-order valence-electron chi connectivity index (χ3n) is 2.61. The summed E-state index contributed by atoms with van der Waals surface area (Å²) in [4.78, 5) is 4.46. The van der Waals surface area contributed by atoms with Crippen LogP contribution in [0.4, 0.5) is 0 Å². The van der Waals surface area contributed by atoms with Gasteiger partial charge < -0.3 is 9.88 Å². The monoisotopic (exact) mass is 391 g/mol. The topological polar surface area (TPSA) is 29.9 Å². The van der Waals surface area contributed by atoms with Crippen molar-refractivity contribution in [2.24, 2.45) is 7.05 Å². The van der Waals surface area contributed by atoms with E-state index in [1.165, 1.54) is 5.56 Å². The first-order valence-electron chi connectivity index (χ1n) is 5.77. The van der Waals surface area contributed by atoms with Crippen molar-refractivity contribution in [2.45, 2.75) is 19.4 Å². The van der Waals surface area contributed by atoms with Crippen LogP contribution in [0.3, 0.4) is 0 Å². The van der Waals surface area contributed by atoms with E-state index in [1.54, 1.807) is 11.3 Å². The van der Waals surface area contributed by atoms with Gasteiger partial charge in [0.15, 0.2) is 0 Å². The highest BCUT2D eigenvalue weighted by Crippen LogP contribution is 2.37. The summed E-state index contributed by atoms with van der Waals surface area (Å²) in [5.74, 6) is 0. The number of imidazole rings is 1. The van der Waals surface area contributed by atoms with Crippen molar-refractivity contribution in [2.75, 3.05) is 6.54 Å². The van der Waals surface area contributed by atoms with Gasteiger partial charge in [-0.25, -0.2) is 4.98 Å². The van der Waals surface area contributed by atoms with Crippen molar-refractivity contribution in [1.82, 2.24) is 14.9 Å². The average Bonchev–Trinajstić information content (AvgIpc) is 2.87. The molecule has 2 heterocycles. The normalized spacial score (nSPS) is 12.9. The van der Waals surface area contributed by atoms with Crippen LogP contribution in [0, 0.1) is 0 Å². The van der Waals surface area contributed by atoms with Crippen LogP contribution in [0.15, 0.2) is 26.2 Å². The molecule has 1 atom stereocenters. The Balaban J connectivity index is 2.33. The third-order valence-corrected chi connectivity index (χ3v) is 5.00. The molecule has 2 aromatic rings. The minimum absolute atomic E-state index is 0.142. The second-order valence-electron chi connectivity index (χ2n) is 4.13.